The second kappa shape index (κ2) is 16.6. The number of esters is 1. The Morgan fingerprint density at radius 1 is 0.891 bits per heavy atom. The minimum Gasteiger partial charge on any atom is -0.458 e. The summed E-state index contributed by atoms with van der Waals surface area (Å²) in [4.78, 5) is 67.6. The summed E-state index contributed by atoms with van der Waals surface area (Å²) in [6.45, 7) is 15.8. The molecule has 11 heteroatoms. The summed E-state index contributed by atoms with van der Waals surface area (Å²) in [5.41, 5.74) is 5.64. The fraction of sp³-hybridized carbons (Fsp3) is 0.457. The molecule has 0 radical (unpaired) electrons. The summed E-state index contributed by atoms with van der Waals surface area (Å²) < 4.78 is 11.0. The minimum absolute atomic E-state index is 0.0358. The Balaban J connectivity index is 2.58. The number of hydrogen-bond acceptors (Lipinski definition) is 7. The highest BCUT2D eigenvalue weighted by molar-refractivity contribution is 5.94. The first-order valence-corrected chi connectivity index (χ1v) is 15.3. The number of ether oxygens (including phenoxy) is 2. The SMILES string of the molecule is C=Cc1cccc(C(C(=O)NC(Cc2ccccc2)C(=O)OC(C)(C)C)N(CC)C(=O)C(CCC(N)=O)NC(=O)OC(C)(C)C)c1. The number of nitrogens with zero attached hydrogens (tertiary/aromatic N) is 1. The van der Waals surface area contributed by atoms with Crippen molar-refractivity contribution in [3.8, 4) is 0 Å². The van der Waals surface area contributed by atoms with Crippen molar-refractivity contribution < 1.29 is 33.4 Å². The molecule has 2 aromatic rings. The lowest BCUT2D eigenvalue weighted by atomic mass is 9.98. The van der Waals surface area contributed by atoms with E-state index in [0.717, 1.165) is 5.56 Å². The van der Waals surface area contributed by atoms with Crippen molar-refractivity contribution in [2.45, 2.75) is 97.1 Å². The van der Waals surface area contributed by atoms with Gasteiger partial charge in [-0.2, -0.15) is 0 Å². The van der Waals surface area contributed by atoms with Crippen LogP contribution in [0.2, 0.25) is 0 Å². The summed E-state index contributed by atoms with van der Waals surface area (Å²) >= 11 is 0. The number of likely N-dealkylation sites (N-methyl/N-ethyl adjacent to an activating group) is 1. The van der Waals surface area contributed by atoms with Crippen LogP contribution < -0.4 is 16.4 Å². The fourth-order valence-electron chi connectivity index (χ4n) is 4.66. The third-order valence-corrected chi connectivity index (χ3v) is 6.60. The topological polar surface area (TPSA) is 157 Å². The van der Waals surface area contributed by atoms with Crippen molar-refractivity contribution in [2.75, 3.05) is 6.54 Å². The predicted molar refractivity (Wildman–Crippen MR) is 176 cm³/mol. The maximum Gasteiger partial charge on any atom is 0.408 e. The van der Waals surface area contributed by atoms with Gasteiger partial charge in [0.1, 0.15) is 29.3 Å². The second-order valence-corrected chi connectivity index (χ2v) is 12.9. The number of rotatable bonds is 14. The van der Waals surface area contributed by atoms with Gasteiger partial charge in [-0.15, -0.1) is 0 Å². The van der Waals surface area contributed by atoms with Gasteiger partial charge in [0.25, 0.3) is 0 Å². The van der Waals surface area contributed by atoms with Crippen molar-refractivity contribution >= 4 is 35.9 Å². The molecule has 0 aliphatic carbocycles. The van der Waals surface area contributed by atoms with Crippen LogP contribution in [0.4, 0.5) is 4.79 Å². The quantitative estimate of drug-likeness (QED) is 0.259. The first-order valence-electron chi connectivity index (χ1n) is 15.3. The van der Waals surface area contributed by atoms with E-state index in [1.54, 1.807) is 78.8 Å². The second-order valence-electron chi connectivity index (χ2n) is 12.9. The highest BCUT2D eigenvalue weighted by atomic mass is 16.6. The molecule has 0 fully saturated rings. The molecule has 0 saturated carbocycles. The maximum atomic E-state index is 14.3. The zero-order chi connectivity index (χ0) is 34.7. The molecule has 0 aliphatic heterocycles. The number of benzene rings is 2. The van der Waals surface area contributed by atoms with Crippen LogP contribution in [0, 0.1) is 0 Å². The summed E-state index contributed by atoms with van der Waals surface area (Å²) in [6.07, 6.45) is 0.551. The van der Waals surface area contributed by atoms with Crippen LogP contribution in [0.25, 0.3) is 6.08 Å². The summed E-state index contributed by atoms with van der Waals surface area (Å²) in [5.74, 6) is -2.59. The zero-order valence-electron chi connectivity index (χ0n) is 27.9. The van der Waals surface area contributed by atoms with Gasteiger partial charge in [-0.25, -0.2) is 9.59 Å². The number of carbonyl (C=O) groups is 5. The number of hydrogen-bond donors (Lipinski definition) is 3. The molecule has 4 amide bonds. The monoisotopic (exact) mass is 636 g/mol. The number of nitrogens with one attached hydrogen (secondary N) is 2. The van der Waals surface area contributed by atoms with E-state index in [1.807, 2.05) is 30.3 Å². The summed E-state index contributed by atoms with van der Waals surface area (Å²) in [6, 6.07) is 12.5. The lowest BCUT2D eigenvalue weighted by Gasteiger charge is -2.34. The third-order valence-electron chi connectivity index (χ3n) is 6.60. The van der Waals surface area contributed by atoms with Gasteiger partial charge in [-0.05, 0) is 77.6 Å². The molecule has 0 aliphatic rings. The average Bonchev–Trinajstić information content (AvgIpc) is 2.95. The Labute approximate surface area is 271 Å². The van der Waals surface area contributed by atoms with E-state index in [1.165, 1.54) is 4.90 Å². The van der Waals surface area contributed by atoms with Gasteiger partial charge >= 0.3 is 12.1 Å². The van der Waals surface area contributed by atoms with Gasteiger partial charge < -0.3 is 30.7 Å². The molecular weight excluding hydrogens is 588 g/mol. The molecule has 0 bridgehead atoms. The van der Waals surface area contributed by atoms with Crippen LogP contribution in [0.3, 0.4) is 0 Å². The van der Waals surface area contributed by atoms with Crippen LogP contribution >= 0.6 is 0 Å². The molecular formula is C35H48N4O7. The Morgan fingerprint density at radius 3 is 2.07 bits per heavy atom. The molecule has 3 atom stereocenters. The third kappa shape index (κ3) is 12.4. The smallest absolute Gasteiger partial charge is 0.408 e. The van der Waals surface area contributed by atoms with Gasteiger partial charge in [0, 0.05) is 19.4 Å². The first kappa shape index (κ1) is 37.5. The zero-order valence-corrected chi connectivity index (χ0v) is 27.9. The van der Waals surface area contributed by atoms with Gasteiger partial charge in [-0.1, -0.05) is 61.2 Å². The van der Waals surface area contributed by atoms with Crippen molar-refractivity contribution in [3.05, 3.63) is 77.9 Å². The van der Waals surface area contributed by atoms with Gasteiger partial charge in [0.05, 0.1) is 0 Å². The van der Waals surface area contributed by atoms with Crippen molar-refractivity contribution in [2.24, 2.45) is 5.73 Å². The Bertz CT molecular complexity index is 1380. The Kier molecular flexibility index (Phi) is 13.5. The number of alkyl carbamates (subject to hydrolysis) is 1. The molecule has 0 aromatic heterocycles. The fourth-order valence-corrected chi connectivity index (χ4v) is 4.66. The van der Waals surface area contributed by atoms with Gasteiger partial charge in [0.2, 0.25) is 17.7 Å². The molecule has 3 unspecified atom stereocenters. The van der Waals surface area contributed by atoms with Crippen molar-refractivity contribution in [1.29, 1.82) is 0 Å². The molecule has 0 spiro atoms. The first-order chi connectivity index (χ1) is 21.4. The predicted octanol–water partition coefficient (Wildman–Crippen LogP) is 4.45. The van der Waals surface area contributed by atoms with Crippen LogP contribution in [-0.4, -0.2) is 64.5 Å². The van der Waals surface area contributed by atoms with Gasteiger partial charge in [0.15, 0.2) is 0 Å². The number of primary amides is 1. The highest BCUT2D eigenvalue weighted by Gasteiger charge is 2.38. The largest absolute Gasteiger partial charge is 0.458 e. The maximum absolute atomic E-state index is 14.3. The number of carbonyl (C=O) groups excluding carboxylic acids is 5. The summed E-state index contributed by atoms with van der Waals surface area (Å²) in [7, 11) is 0. The van der Waals surface area contributed by atoms with E-state index in [2.05, 4.69) is 17.2 Å². The van der Waals surface area contributed by atoms with E-state index >= 15 is 0 Å². The van der Waals surface area contributed by atoms with Crippen LogP contribution in [-0.2, 0) is 35.1 Å². The molecule has 4 N–H and O–H groups in total. The molecule has 11 nitrogen and oxygen atoms in total. The average molecular weight is 637 g/mol. The lowest BCUT2D eigenvalue weighted by Crippen LogP contribution is -2.55. The van der Waals surface area contributed by atoms with E-state index in [4.69, 9.17) is 15.2 Å². The van der Waals surface area contributed by atoms with Gasteiger partial charge in [-0.3, -0.25) is 14.4 Å². The van der Waals surface area contributed by atoms with Crippen LogP contribution in [0.15, 0.2) is 61.2 Å². The molecule has 0 saturated heterocycles. The molecule has 2 rings (SSSR count). The van der Waals surface area contributed by atoms with E-state index in [9.17, 15) is 24.0 Å². The normalized spacial score (nSPS) is 13.4. The Morgan fingerprint density at radius 2 is 1.52 bits per heavy atom. The van der Waals surface area contributed by atoms with E-state index < -0.39 is 59.1 Å². The molecule has 250 valence electrons. The van der Waals surface area contributed by atoms with E-state index in [-0.39, 0.29) is 25.8 Å². The minimum atomic E-state index is -1.24. The standard InChI is InChI=1S/C35H48N4O7/c1-9-23-17-14-18-25(21-23)29(30(41)37-27(32(43)45-34(3,4)5)22-24-15-12-11-13-16-24)39(10-2)31(42)26(19-20-28(36)40)38-33(44)46-35(6,7)8/h9,11-18,21,26-27,29H,1,10,19-20,22H2,2-8H3,(H2,36,40)(H,37,41)(H,38,44). The summed E-state index contributed by atoms with van der Waals surface area (Å²) in [5, 5.41) is 5.38. The van der Waals surface area contributed by atoms with Crippen molar-refractivity contribution in [3.63, 3.8) is 0 Å². The highest BCUT2D eigenvalue weighted by Crippen LogP contribution is 2.25. The Hall–Kier alpha value is -4.67. The lowest BCUT2D eigenvalue weighted by molar-refractivity contribution is -0.159. The number of amides is 4. The van der Waals surface area contributed by atoms with Crippen LogP contribution in [0.1, 0.15) is 84.0 Å². The van der Waals surface area contributed by atoms with E-state index in [0.29, 0.717) is 11.1 Å². The number of nitrogens with two attached hydrogens (primary N) is 1. The molecule has 2 aromatic carbocycles. The molecule has 0 heterocycles. The van der Waals surface area contributed by atoms with Crippen molar-refractivity contribution in [1.82, 2.24) is 15.5 Å². The molecule has 46 heavy (non-hydrogen) atoms. The van der Waals surface area contributed by atoms with Crippen LogP contribution in [0.5, 0.6) is 0 Å².